The minimum atomic E-state index is 0.446. The molecule has 0 radical (unpaired) electrons. The fourth-order valence-electron chi connectivity index (χ4n) is 2.61. The Kier molecular flexibility index (Phi) is 5.76. The van der Waals surface area contributed by atoms with Gasteiger partial charge in [-0.1, -0.05) is 27.7 Å². The highest BCUT2D eigenvalue weighted by molar-refractivity contribution is 5.11. The lowest BCUT2D eigenvalue weighted by atomic mass is 9.99. The SMILES string of the molecule is CCNC(C)c1cccn1CC(C)CC(C)C. The van der Waals surface area contributed by atoms with E-state index in [0.29, 0.717) is 6.04 Å². The van der Waals surface area contributed by atoms with E-state index >= 15 is 0 Å². The van der Waals surface area contributed by atoms with Crippen molar-refractivity contribution in [2.24, 2.45) is 11.8 Å². The van der Waals surface area contributed by atoms with Crippen LogP contribution in [0.2, 0.25) is 0 Å². The molecule has 0 aliphatic rings. The largest absolute Gasteiger partial charge is 0.350 e. The van der Waals surface area contributed by atoms with E-state index in [1.165, 1.54) is 12.1 Å². The summed E-state index contributed by atoms with van der Waals surface area (Å²) in [6.45, 7) is 13.5. The predicted octanol–water partition coefficient (Wildman–Crippen LogP) is 3.84. The highest BCUT2D eigenvalue weighted by atomic mass is 15.0. The van der Waals surface area contributed by atoms with Gasteiger partial charge in [0, 0.05) is 24.5 Å². The maximum atomic E-state index is 3.48. The minimum Gasteiger partial charge on any atom is -0.350 e. The Balaban J connectivity index is 2.62. The van der Waals surface area contributed by atoms with E-state index < -0.39 is 0 Å². The molecule has 0 aromatic carbocycles. The molecule has 0 bridgehead atoms. The second-order valence-corrected chi connectivity index (χ2v) is 5.60. The molecule has 0 spiro atoms. The third-order valence-corrected chi connectivity index (χ3v) is 3.20. The molecule has 2 nitrogen and oxygen atoms in total. The summed E-state index contributed by atoms with van der Waals surface area (Å²) in [6.07, 6.45) is 3.51. The molecule has 0 aliphatic heterocycles. The number of hydrogen-bond donors (Lipinski definition) is 1. The second-order valence-electron chi connectivity index (χ2n) is 5.60. The molecule has 2 atom stereocenters. The summed E-state index contributed by atoms with van der Waals surface area (Å²) in [5.41, 5.74) is 1.41. The van der Waals surface area contributed by atoms with Crippen molar-refractivity contribution in [1.82, 2.24) is 9.88 Å². The molecular formula is C15H28N2. The zero-order valence-corrected chi connectivity index (χ0v) is 12.0. The zero-order chi connectivity index (χ0) is 12.8. The standard InChI is InChI=1S/C15H28N2/c1-6-16-14(5)15-8-7-9-17(15)11-13(4)10-12(2)3/h7-9,12-14,16H,6,10-11H2,1-5H3. The van der Waals surface area contributed by atoms with Crippen molar-refractivity contribution in [2.45, 2.75) is 53.6 Å². The topological polar surface area (TPSA) is 17.0 Å². The molecule has 0 amide bonds. The van der Waals surface area contributed by atoms with Crippen LogP contribution in [0, 0.1) is 11.8 Å². The summed E-state index contributed by atoms with van der Waals surface area (Å²) in [6, 6.07) is 4.84. The highest BCUT2D eigenvalue weighted by Crippen LogP contribution is 2.18. The molecule has 0 aliphatic carbocycles. The van der Waals surface area contributed by atoms with Gasteiger partial charge >= 0.3 is 0 Å². The lowest BCUT2D eigenvalue weighted by Crippen LogP contribution is -2.22. The van der Waals surface area contributed by atoms with Gasteiger partial charge in [0.25, 0.3) is 0 Å². The third-order valence-electron chi connectivity index (χ3n) is 3.20. The number of hydrogen-bond acceptors (Lipinski definition) is 1. The van der Waals surface area contributed by atoms with Crippen LogP contribution in [0.4, 0.5) is 0 Å². The van der Waals surface area contributed by atoms with Crippen molar-refractivity contribution in [2.75, 3.05) is 6.54 Å². The lowest BCUT2D eigenvalue weighted by molar-refractivity contribution is 0.379. The maximum Gasteiger partial charge on any atom is 0.0446 e. The van der Waals surface area contributed by atoms with E-state index in [0.717, 1.165) is 24.9 Å². The Hall–Kier alpha value is -0.760. The first-order valence-electron chi connectivity index (χ1n) is 6.93. The molecule has 1 N–H and O–H groups in total. The molecule has 1 rings (SSSR count). The third kappa shape index (κ3) is 4.55. The van der Waals surface area contributed by atoms with E-state index in [1.54, 1.807) is 0 Å². The van der Waals surface area contributed by atoms with Crippen molar-refractivity contribution in [1.29, 1.82) is 0 Å². The van der Waals surface area contributed by atoms with Crippen molar-refractivity contribution in [3.05, 3.63) is 24.0 Å². The average Bonchev–Trinajstić information content (AvgIpc) is 2.64. The predicted molar refractivity (Wildman–Crippen MR) is 75.1 cm³/mol. The van der Waals surface area contributed by atoms with Crippen molar-refractivity contribution in [3.8, 4) is 0 Å². The summed E-state index contributed by atoms with van der Waals surface area (Å²) in [5.74, 6) is 1.53. The molecule has 0 saturated carbocycles. The van der Waals surface area contributed by atoms with Gasteiger partial charge in [0.05, 0.1) is 0 Å². The lowest BCUT2D eigenvalue weighted by Gasteiger charge is -2.20. The van der Waals surface area contributed by atoms with Crippen molar-refractivity contribution >= 4 is 0 Å². The van der Waals surface area contributed by atoms with Crippen LogP contribution in [0.1, 0.15) is 52.8 Å². The van der Waals surface area contributed by atoms with Crippen LogP contribution in [0.3, 0.4) is 0 Å². The maximum absolute atomic E-state index is 3.48. The second kappa shape index (κ2) is 6.85. The van der Waals surface area contributed by atoms with Gasteiger partial charge in [0.1, 0.15) is 0 Å². The summed E-state index contributed by atoms with van der Waals surface area (Å²) >= 11 is 0. The molecule has 1 heterocycles. The van der Waals surface area contributed by atoms with Crippen LogP contribution in [-0.4, -0.2) is 11.1 Å². The first-order valence-corrected chi connectivity index (χ1v) is 6.93. The Morgan fingerprint density at radius 1 is 1.24 bits per heavy atom. The first kappa shape index (κ1) is 14.3. The highest BCUT2D eigenvalue weighted by Gasteiger charge is 2.11. The molecule has 1 aromatic heterocycles. The van der Waals surface area contributed by atoms with Gasteiger partial charge in [0.2, 0.25) is 0 Å². The van der Waals surface area contributed by atoms with Gasteiger partial charge < -0.3 is 9.88 Å². The van der Waals surface area contributed by atoms with Crippen LogP contribution < -0.4 is 5.32 Å². The fourth-order valence-corrected chi connectivity index (χ4v) is 2.61. The first-order chi connectivity index (χ1) is 8.04. The van der Waals surface area contributed by atoms with Gasteiger partial charge in [0.15, 0.2) is 0 Å². The summed E-state index contributed by atoms with van der Waals surface area (Å²) < 4.78 is 2.40. The summed E-state index contributed by atoms with van der Waals surface area (Å²) in [4.78, 5) is 0. The van der Waals surface area contributed by atoms with Crippen molar-refractivity contribution < 1.29 is 0 Å². The van der Waals surface area contributed by atoms with Crippen molar-refractivity contribution in [3.63, 3.8) is 0 Å². The zero-order valence-electron chi connectivity index (χ0n) is 12.0. The van der Waals surface area contributed by atoms with E-state index in [9.17, 15) is 0 Å². The minimum absolute atomic E-state index is 0.446. The van der Waals surface area contributed by atoms with Gasteiger partial charge in [-0.2, -0.15) is 0 Å². The summed E-state index contributed by atoms with van der Waals surface area (Å²) in [7, 11) is 0. The Bertz CT molecular complexity index is 314. The number of rotatable bonds is 7. The molecule has 2 heteroatoms. The smallest absolute Gasteiger partial charge is 0.0446 e. The normalized spacial score (nSPS) is 15.2. The van der Waals surface area contributed by atoms with Gasteiger partial charge in [-0.3, -0.25) is 0 Å². The Morgan fingerprint density at radius 3 is 2.53 bits per heavy atom. The Morgan fingerprint density at radius 2 is 1.94 bits per heavy atom. The van der Waals surface area contributed by atoms with E-state index in [1.807, 2.05) is 0 Å². The fraction of sp³-hybridized carbons (Fsp3) is 0.733. The number of aromatic nitrogens is 1. The number of nitrogens with zero attached hydrogens (tertiary/aromatic N) is 1. The van der Waals surface area contributed by atoms with Gasteiger partial charge in [-0.25, -0.2) is 0 Å². The molecular weight excluding hydrogens is 208 g/mol. The monoisotopic (exact) mass is 236 g/mol. The molecule has 0 saturated heterocycles. The van der Waals surface area contributed by atoms with Crippen LogP contribution in [0.15, 0.2) is 18.3 Å². The van der Waals surface area contributed by atoms with Crippen LogP contribution in [0.25, 0.3) is 0 Å². The van der Waals surface area contributed by atoms with E-state index in [2.05, 4.69) is 62.8 Å². The van der Waals surface area contributed by atoms with E-state index in [4.69, 9.17) is 0 Å². The molecule has 2 unspecified atom stereocenters. The molecule has 0 fully saturated rings. The van der Waals surface area contributed by atoms with Gasteiger partial charge in [-0.05, 0) is 43.9 Å². The van der Waals surface area contributed by atoms with Gasteiger partial charge in [-0.15, -0.1) is 0 Å². The molecule has 98 valence electrons. The quantitative estimate of drug-likeness (QED) is 0.761. The van der Waals surface area contributed by atoms with Crippen LogP contribution >= 0.6 is 0 Å². The molecule has 1 aromatic rings. The number of nitrogens with one attached hydrogen (secondary N) is 1. The Labute approximate surface area is 106 Å². The molecule has 17 heavy (non-hydrogen) atoms. The van der Waals surface area contributed by atoms with Crippen LogP contribution in [0.5, 0.6) is 0 Å². The van der Waals surface area contributed by atoms with E-state index in [-0.39, 0.29) is 0 Å². The summed E-state index contributed by atoms with van der Waals surface area (Å²) in [5, 5.41) is 3.48. The average molecular weight is 236 g/mol. The van der Waals surface area contributed by atoms with Crippen LogP contribution in [-0.2, 0) is 6.54 Å².